The van der Waals surface area contributed by atoms with Gasteiger partial charge in [-0.05, 0) is 0 Å². The number of non-ortho nitro benzene ring substituents is 1. The molecule has 0 heterocycles. The maximum atomic E-state index is 10.0. The molecular formula is C6H6NNaO3. The zero-order chi connectivity index (χ0) is 6.69. The molecule has 0 aliphatic heterocycles. The minimum Gasteiger partial charge on any atom is -0.870 e. The SMILES string of the molecule is O=[N+]([O-])c1ccccc1.[Na+].[OH-]. The van der Waals surface area contributed by atoms with Crippen LogP contribution in [0.25, 0.3) is 0 Å². The second kappa shape index (κ2) is 6.30. The molecule has 1 N–H and O–H groups in total. The van der Waals surface area contributed by atoms with Crippen molar-refractivity contribution in [2.45, 2.75) is 0 Å². The molecule has 0 bridgehead atoms. The predicted molar refractivity (Wildman–Crippen MR) is 35.0 cm³/mol. The first kappa shape index (κ1) is 13.2. The van der Waals surface area contributed by atoms with Crippen molar-refractivity contribution >= 4 is 5.69 Å². The summed E-state index contributed by atoms with van der Waals surface area (Å²) in [5.74, 6) is 0. The molecule has 0 saturated carbocycles. The number of para-hydroxylation sites is 1. The Balaban J connectivity index is 0. The summed E-state index contributed by atoms with van der Waals surface area (Å²) in [4.78, 5) is 9.59. The van der Waals surface area contributed by atoms with Crippen LogP contribution in [0.5, 0.6) is 0 Å². The first-order valence-electron chi connectivity index (χ1n) is 2.50. The van der Waals surface area contributed by atoms with Crippen molar-refractivity contribution in [1.29, 1.82) is 0 Å². The van der Waals surface area contributed by atoms with Crippen molar-refractivity contribution in [2.24, 2.45) is 0 Å². The van der Waals surface area contributed by atoms with E-state index in [4.69, 9.17) is 0 Å². The number of hydrogen-bond acceptors (Lipinski definition) is 3. The summed E-state index contributed by atoms with van der Waals surface area (Å²) in [6.07, 6.45) is 0. The molecule has 1 rings (SSSR count). The van der Waals surface area contributed by atoms with Crippen LogP contribution < -0.4 is 29.6 Å². The fraction of sp³-hybridized carbons (Fsp3) is 0. The van der Waals surface area contributed by atoms with E-state index in [0.29, 0.717) is 0 Å². The molecule has 0 aliphatic rings. The molecule has 4 nitrogen and oxygen atoms in total. The standard InChI is InChI=1S/C6H5NO2.Na.H2O/c8-7(9)6-4-2-1-3-5-6;;/h1-5H;;1H2/q;+1;/p-1. The third-order valence-electron chi connectivity index (χ3n) is 0.967. The van der Waals surface area contributed by atoms with Crippen molar-refractivity contribution in [2.75, 3.05) is 0 Å². The van der Waals surface area contributed by atoms with E-state index in [9.17, 15) is 10.1 Å². The molecular weight excluding hydrogens is 157 g/mol. The normalized spacial score (nSPS) is 7.27. The Kier molecular flexibility index (Phi) is 7.55. The minimum atomic E-state index is -0.417. The number of nitro benzene ring substituents is 1. The van der Waals surface area contributed by atoms with Gasteiger partial charge in [0.1, 0.15) is 0 Å². The first-order valence-corrected chi connectivity index (χ1v) is 2.50. The van der Waals surface area contributed by atoms with Gasteiger partial charge < -0.3 is 5.48 Å². The van der Waals surface area contributed by atoms with Crippen LogP contribution in [0.4, 0.5) is 5.69 Å². The maximum absolute atomic E-state index is 10.0. The summed E-state index contributed by atoms with van der Waals surface area (Å²) in [7, 11) is 0. The van der Waals surface area contributed by atoms with Gasteiger partial charge in [0.25, 0.3) is 5.69 Å². The van der Waals surface area contributed by atoms with Gasteiger partial charge in [0.2, 0.25) is 0 Å². The quantitative estimate of drug-likeness (QED) is 0.285. The van der Waals surface area contributed by atoms with Crippen LogP contribution in [-0.4, -0.2) is 10.4 Å². The van der Waals surface area contributed by atoms with Crippen LogP contribution in [0.15, 0.2) is 30.3 Å². The molecule has 0 radical (unpaired) electrons. The Hall–Kier alpha value is -0.420. The van der Waals surface area contributed by atoms with Crippen molar-refractivity contribution < 1.29 is 40.0 Å². The van der Waals surface area contributed by atoms with Crippen LogP contribution in [0.2, 0.25) is 0 Å². The smallest absolute Gasteiger partial charge is 0.870 e. The Morgan fingerprint density at radius 2 is 1.64 bits per heavy atom. The van der Waals surface area contributed by atoms with Gasteiger partial charge in [0.05, 0.1) is 4.92 Å². The fourth-order valence-corrected chi connectivity index (χ4v) is 0.550. The van der Waals surface area contributed by atoms with E-state index >= 15 is 0 Å². The van der Waals surface area contributed by atoms with Crippen molar-refractivity contribution in [3.63, 3.8) is 0 Å². The van der Waals surface area contributed by atoms with Crippen LogP contribution in [0.1, 0.15) is 0 Å². The average molecular weight is 163 g/mol. The summed E-state index contributed by atoms with van der Waals surface area (Å²) >= 11 is 0. The number of rotatable bonds is 1. The van der Waals surface area contributed by atoms with Gasteiger partial charge in [-0.1, -0.05) is 18.2 Å². The molecule has 5 heteroatoms. The summed E-state index contributed by atoms with van der Waals surface area (Å²) in [5, 5.41) is 10.0. The summed E-state index contributed by atoms with van der Waals surface area (Å²) in [6.45, 7) is 0. The van der Waals surface area contributed by atoms with Gasteiger partial charge in [-0.15, -0.1) is 0 Å². The molecule has 0 fully saturated rings. The summed E-state index contributed by atoms with van der Waals surface area (Å²) in [6, 6.07) is 7.93. The topological polar surface area (TPSA) is 73.1 Å². The summed E-state index contributed by atoms with van der Waals surface area (Å²) < 4.78 is 0. The zero-order valence-electron chi connectivity index (χ0n) is 6.10. The first-order chi connectivity index (χ1) is 4.30. The Bertz CT molecular complexity index is 214. The molecule has 0 spiro atoms. The van der Waals surface area contributed by atoms with Crippen LogP contribution in [0, 0.1) is 10.1 Å². The van der Waals surface area contributed by atoms with Gasteiger partial charge in [0, 0.05) is 12.1 Å². The van der Waals surface area contributed by atoms with Gasteiger partial charge in [-0.25, -0.2) is 0 Å². The molecule has 0 unspecified atom stereocenters. The van der Waals surface area contributed by atoms with Crippen molar-refractivity contribution in [3.8, 4) is 0 Å². The van der Waals surface area contributed by atoms with Gasteiger partial charge in [0.15, 0.2) is 0 Å². The van der Waals surface area contributed by atoms with Crippen LogP contribution in [0.3, 0.4) is 0 Å². The van der Waals surface area contributed by atoms with Crippen LogP contribution in [-0.2, 0) is 0 Å². The van der Waals surface area contributed by atoms with Crippen LogP contribution >= 0.6 is 0 Å². The average Bonchev–Trinajstić information content (AvgIpc) is 1.90. The molecule has 0 aromatic heterocycles. The monoisotopic (exact) mass is 163 g/mol. The maximum Gasteiger partial charge on any atom is 1.00 e. The number of benzene rings is 1. The summed E-state index contributed by atoms with van der Waals surface area (Å²) in [5.41, 5.74) is 0.137. The second-order valence-electron chi connectivity index (χ2n) is 1.59. The fourth-order valence-electron chi connectivity index (χ4n) is 0.550. The van der Waals surface area contributed by atoms with E-state index < -0.39 is 4.92 Å². The molecule has 0 atom stereocenters. The van der Waals surface area contributed by atoms with E-state index in [1.807, 2.05) is 0 Å². The van der Waals surface area contributed by atoms with Gasteiger partial charge >= 0.3 is 29.6 Å². The van der Waals surface area contributed by atoms with Crippen molar-refractivity contribution in [3.05, 3.63) is 40.4 Å². The number of hydrogen-bond donors (Lipinski definition) is 0. The van der Waals surface area contributed by atoms with Crippen molar-refractivity contribution in [1.82, 2.24) is 0 Å². The molecule has 1 aromatic carbocycles. The second-order valence-corrected chi connectivity index (χ2v) is 1.59. The van der Waals surface area contributed by atoms with Gasteiger partial charge in [-0.2, -0.15) is 0 Å². The molecule has 54 valence electrons. The molecule has 1 aromatic rings. The van der Waals surface area contributed by atoms with E-state index in [-0.39, 0.29) is 40.7 Å². The van der Waals surface area contributed by atoms with E-state index in [1.165, 1.54) is 12.1 Å². The zero-order valence-corrected chi connectivity index (χ0v) is 8.10. The Morgan fingerprint density at radius 1 is 1.18 bits per heavy atom. The third-order valence-corrected chi connectivity index (χ3v) is 0.967. The largest absolute Gasteiger partial charge is 1.00 e. The van der Waals surface area contributed by atoms with E-state index in [0.717, 1.165) is 0 Å². The van der Waals surface area contributed by atoms with E-state index in [1.54, 1.807) is 18.2 Å². The predicted octanol–water partition coefficient (Wildman–Crippen LogP) is -1.58. The van der Waals surface area contributed by atoms with E-state index in [2.05, 4.69) is 0 Å². The Morgan fingerprint density at radius 3 is 1.91 bits per heavy atom. The Labute approximate surface area is 86.0 Å². The number of nitrogens with zero attached hydrogens (tertiary/aromatic N) is 1. The van der Waals surface area contributed by atoms with Gasteiger partial charge in [-0.3, -0.25) is 10.1 Å². The molecule has 11 heavy (non-hydrogen) atoms. The molecule has 0 saturated heterocycles. The third kappa shape index (κ3) is 4.10. The molecule has 0 amide bonds. The number of nitro groups is 1. The molecule has 0 aliphatic carbocycles. The minimum absolute atomic E-state index is 0.